The molecule has 136 valence electrons. The minimum atomic E-state index is -0.619. The first kappa shape index (κ1) is 17.9. The van der Waals surface area contributed by atoms with Crippen LogP contribution in [0.4, 0.5) is 4.79 Å². The molecule has 0 saturated carbocycles. The summed E-state index contributed by atoms with van der Waals surface area (Å²) in [6.07, 6.45) is 0.0916. The Morgan fingerprint density at radius 3 is 2.54 bits per heavy atom. The van der Waals surface area contributed by atoms with Gasteiger partial charge < -0.3 is 20.1 Å². The van der Waals surface area contributed by atoms with Gasteiger partial charge in [-0.05, 0) is 16.7 Å². The number of rotatable bonds is 6. The van der Waals surface area contributed by atoms with Crippen LogP contribution in [0.3, 0.4) is 0 Å². The smallest absolute Gasteiger partial charge is 0.407 e. The number of alkyl carbamates (subject to hydrolysis) is 1. The maximum absolute atomic E-state index is 11.9. The molecule has 1 heterocycles. The Bertz CT molecular complexity index is 748. The van der Waals surface area contributed by atoms with E-state index in [0.717, 1.165) is 12.0 Å². The standard InChI is InChI=1S/C20H22N2O4/c23-19(12-22-20(24)26-13-15-6-2-1-3-7-15)21-11-18-10-16-8-4-5-9-17(16)14-25-18/h1-9,18H,10-14H2,(H,21,23)(H,22,24). The molecule has 2 amide bonds. The summed E-state index contributed by atoms with van der Waals surface area (Å²) in [7, 11) is 0. The number of nitrogens with one attached hydrogen (secondary N) is 2. The summed E-state index contributed by atoms with van der Waals surface area (Å²) in [6.45, 7) is 1.01. The van der Waals surface area contributed by atoms with Crippen molar-refractivity contribution in [2.45, 2.75) is 25.7 Å². The van der Waals surface area contributed by atoms with Gasteiger partial charge in [-0.3, -0.25) is 4.79 Å². The first-order chi connectivity index (χ1) is 12.7. The van der Waals surface area contributed by atoms with E-state index in [1.165, 1.54) is 11.1 Å². The quantitative estimate of drug-likeness (QED) is 0.834. The van der Waals surface area contributed by atoms with E-state index in [9.17, 15) is 9.59 Å². The lowest BCUT2D eigenvalue weighted by molar-refractivity contribution is -0.121. The molecule has 2 N–H and O–H groups in total. The summed E-state index contributed by atoms with van der Waals surface area (Å²) in [5.74, 6) is -0.274. The maximum Gasteiger partial charge on any atom is 0.407 e. The predicted octanol–water partition coefficient (Wildman–Crippen LogP) is 2.17. The lowest BCUT2D eigenvalue weighted by Gasteiger charge is -2.25. The Morgan fingerprint density at radius 1 is 1.00 bits per heavy atom. The fraction of sp³-hybridized carbons (Fsp3) is 0.300. The number of hydrogen-bond donors (Lipinski definition) is 2. The van der Waals surface area contributed by atoms with Gasteiger partial charge in [0.05, 0.1) is 19.3 Å². The molecule has 0 radical (unpaired) electrons. The van der Waals surface area contributed by atoms with E-state index in [1.54, 1.807) is 0 Å². The van der Waals surface area contributed by atoms with E-state index < -0.39 is 6.09 Å². The molecule has 1 aliphatic heterocycles. The van der Waals surface area contributed by atoms with Gasteiger partial charge in [0.1, 0.15) is 6.61 Å². The first-order valence-corrected chi connectivity index (χ1v) is 8.60. The van der Waals surface area contributed by atoms with Crippen molar-refractivity contribution in [2.24, 2.45) is 0 Å². The van der Waals surface area contributed by atoms with E-state index in [-0.39, 0.29) is 25.2 Å². The van der Waals surface area contributed by atoms with Crippen molar-refractivity contribution in [2.75, 3.05) is 13.1 Å². The van der Waals surface area contributed by atoms with Crippen LogP contribution in [-0.4, -0.2) is 31.2 Å². The van der Waals surface area contributed by atoms with Crippen molar-refractivity contribution in [1.29, 1.82) is 0 Å². The SMILES string of the molecule is O=C(CNC(=O)OCc1ccccc1)NCC1Cc2ccccc2CO1. The van der Waals surface area contributed by atoms with Crippen LogP contribution in [0, 0.1) is 0 Å². The Morgan fingerprint density at radius 2 is 1.73 bits per heavy atom. The van der Waals surface area contributed by atoms with Gasteiger partial charge in [-0.15, -0.1) is 0 Å². The van der Waals surface area contributed by atoms with Crippen molar-refractivity contribution in [3.05, 3.63) is 71.3 Å². The van der Waals surface area contributed by atoms with Gasteiger partial charge >= 0.3 is 6.09 Å². The van der Waals surface area contributed by atoms with Crippen LogP contribution in [0.5, 0.6) is 0 Å². The fourth-order valence-electron chi connectivity index (χ4n) is 2.76. The van der Waals surface area contributed by atoms with Crippen molar-refractivity contribution in [3.63, 3.8) is 0 Å². The molecule has 0 bridgehead atoms. The molecule has 3 rings (SSSR count). The lowest BCUT2D eigenvalue weighted by atomic mass is 9.99. The third-order valence-electron chi connectivity index (χ3n) is 4.17. The van der Waals surface area contributed by atoms with E-state index in [0.29, 0.717) is 13.2 Å². The zero-order valence-electron chi connectivity index (χ0n) is 14.4. The Hall–Kier alpha value is -2.86. The molecule has 2 aromatic rings. The number of fused-ring (bicyclic) bond motifs is 1. The highest BCUT2D eigenvalue weighted by Gasteiger charge is 2.19. The molecule has 0 aliphatic carbocycles. The van der Waals surface area contributed by atoms with Crippen molar-refractivity contribution >= 4 is 12.0 Å². The molecule has 0 saturated heterocycles. The summed E-state index contributed by atoms with van der Waals surface area (Å²) in [6, 6.07) is 17.5. The second-order valence-corrected chi connectivity index (χ2v) is 6.13. The van der Waals surface area contributed by atoms with Gasteiger partial charge in [-0.1, -0.05) is 54.6 Å². The van der Waals surface area contributed by atoms with E-state index in [1.807, 2.05) is 42.5 Å². The molecular formula is C20H22N2O4. The lowest BCUT2D eigenvalue weighted by Crippen LogP contribution is -2.42. The number of ether oxygens (including phenoxy) is 2. The van der Waals surface area contributed by atoms with E-state index >= 15 is 0 Å². The van der Waals surface area contributed by atoms with Gasteiger partial charge in [0.15, 0.2) is 0 Å². The summed E-state index contributed by atoms with van der Waals surface area (Å²) in [4.78, 5) is 23.5. The molecule has 0 fully saturated rings. The van der Waals surface area contributed by atoms with Crippen molar-refractivity contribution in [3.8, 4) is 0 Å². The van der Waals surface area contributed by atoms with Gasteiger partial charge in [0.25, 0.3) is 0 Å². The summed E-state index contributed by atoms with van der Waals surface area (Å²) in [5.41, 5.74) is 3.33. The zero-order valence-corrected chi connectivity index (χ0v) is 14.4. The van der Waals surface area contributed by atoms with Crippen LogP contribution in [0.15, 0.2) is 54.6 Å². The summed E-state index contributed by atoms with van der Waals surface area (Å²) < 4.78 is 10.8. The molecule has 0 aromatic heterocycles. The normalized spacial score (nSPS) is 15.6. The second-order valence-electron chi connectivity index (χ2n) is 6.13. The Balaban J connectivity index is 1.32. The highest BCUT2D eigenvalue weighted by molar-refractivity contribution is 5.82. The Kier molecular flexibility index (Phi) is 6.22. The average molecular weight is 354 g/mol. The molecule has 1 atom stereocenters. The van der Waals surface area contributed by atoms with Crippen molar-refractivity contribution in [1.82, 2.24) is 10.6 Å². The minimum Gasteiger partial charge on any atom is -0.445 e. The third kappa shape index (κ3) is 5.32. The highest BCUT2D eigenvalue weighted by Crippen LogP contribution is 2.19. The monoisotopic (exact) mass is 354 g/mol. The molecular weight excluding hydrogens is 332 g/mol. The summed E-state index contributed by atoms with van der Waals surface area (Å²) >= 11 is 0. The van der Waals surface area contributed by atoms with Gasteiger partial charge in [0, 0.05) is 13.0 Å². The van der Waals surface area contributed by atoms with E-state index in [4.69, 9.17) is 9.47 Å². The van der Waals surface area contributed by atoms with Crippen LogP contribution >= 0.6 is 0 Å². The van der Waals surface area contributed by atoms with Crippen LogP contribution in [0.2, 0.25) is 0 Å². The number of benzene rings is 2. The third-order valence-corrected chi connectivity index (χ3v) is 4.17. The second kappa shape index (κ2) is 9.01. The van der Waals surface area contributed by atoms with Crippen LogP contribution in [0.1, 0.15) is 16.7 Å². The van der Waals surface area contributed by atoms with Gasteiger partial charge in [-0.25, -0.2) is 4.79 Å². The number of carbonyl (C=O) groups excluding carboxylic acids is 2. The number of carbonyl (C=O) groups is 2. The molecule has 1 aliphatic rings. The molecule has 2 aromatic carbocycles. The maximum atomic E-state index is 11.9. The highest BCUT2D eigenvalue weighted by atomic mass is 16.5. The van der Waals surface area contributed by atoms with Crippen molar-refractivity contribution < 1.29 is 19.1 Å². The molecule has 6 heteroatoms. The molecule has 0 spiro atoms. The van der Waals surface area contributed by atoms with Gasteiger partial charge in [0.2, 0.25) is 5.91 Å². The fourth-order valence-corrected chi connectivity index (χ4v) is 2.76. The first-order valence-electron chi connectivity index (χ1n) is 8.60. The summed E-state index contributed by atoms with van der Waals surface area (Å²) in [5, 5.41) is 5.22. The zero-order chi connectivity index (χ0) is 18.2. The number of amides is 2. The van der Waals surface area contributed by atoms with Crippen LogP contribution in [-0.2, 0) is 33.9 Å². The number of hydrogen-bond acceptors (Lipinski definition) is 4. The Labute approximate surface area is 152 Å². The average Bonchev–Trinajstić information content (AvgIpc) is 2.69. The largest absolute Gasteiger partial charge is 0.445 e. The predicted molar refractivity (Wildman–Crippen MR) is 96.4 cm³/mol. The molecule has 26 heavy (non-hydrogen) atoms. The van der Waals surface area contributed by atoms with Gasteiger partial charge in [-0.2, -0.15) is 0 Å². The van der Waals surface area contributed by atoms with E-state index in [2.05, 4.69) is 22.8 Å². The molecule has 1 unspecified atom stereocenters. The topological polar surface area (TPSA) is 76.7 Å². The minimum absolute atomic E-state index is 0.0566. The van der Waals surface area contributed by atoms with Crippen LogP contribution < -0.4 is 10.6 Å². The molecule has 6 nitrogen and oxygen atoms in total. The van der Waals surface area contributed by atoms with Crippen LogP contribution in [0.25, 0.3) is 0 Å².